The molecule has 3 N–H and O–H groups in total. The van der Waals surface area contributed by atoms with E-state index in [-0.39, 0.29) is 31.1 Å². The third-order valence-electron chi connectivity index (χ3n) is 0.877. The predicted octanol–water partition coefficient (Wildman–Crippen LogP) is 1.18. The van der Waals surface area contributed by atoms with Crippen LogP contribution in [0.3, 0.4) is 0 Å². The van der Waals surface area contributed by atoms with Crippen LogP contribution in [0.15, 0.2) is 0 Å². The van der Waals surface area contributed by atoms with Gasteiger partial charge >= 0.3 is 46.9 Å². The smallest absolute Gasteiger partial charge is 0.279 e. The molecule has 0 amide bonds. The van der Waals surface area contributed by atoms with Gasteiger partial charge < -0.3 is 0 Å². The molecule has 0 radical (unpaired) electrons. The van der Waals surface area contributed by atoms with Crippen LogP contribution < -0.4 is 0 Å². The number of halogens is 9. The van der Waals surface area contributed by atoms with Crippen molar-refractivity contribution in [3.63, 3.8) is 0 Å². The molecule has 0 aliphatic rings. The molecule has 22 heteroatoms. The van der Waals surface area contributed by atoms with E-state index in [0.717, 1.165) is 0 Å². The largest absolute Gasteiger partial charge is 0.522 e. The van der Waals surface area contributed by atoms with E-state index in [2.05, 4.69) is 0 Å². The third kappa shape index (κ3) is 16.1. The summed E-state index contributed by atoms with van der Waals surface area (Å²) in [6, 6.07) is 0. The minimum absolute atomic E-state index is 0. The maximum Gasteiger partial charge on any atom is 0.522 e. The Morgan fingerprint density at radius 1 is 0.440 bits per heavy atom. The third-order valence-corrected chi connectivity index (χ3v) is 2.63. The monoisotopic (exact) mass is 688 g/mol. The second kappa shape index (κ2) is 9.91. The van der Waals surface area contributed by atoms with Crippen LogP contribution in [-0.2, 0) is 30.4 Å². The zero-order chi connectivity index (χ0) is 21.0. The Balaban J connectivity index is -0.000000130. The molecule has 0 aromatic rings. The summed E-state index contributed by atoms with van der Waals surface area (Å²) in [6.45, 7) is 0. The van der Waals surface area contributed by atoms with Crippen LogP contribution in [0.1, 0.15) is 0 Å². The van der Waals surface area contributed by atoms with Crippen molar-refractivity contribution in [2.45, 2.75) is 16.5 Å². The van der Waals surface area contributed by atoms with Crippen LogP contribution in [-0.4, -0.2) is 55.4 Å². The van der Waals surface area contributed by atoms with Crippen LogP contribution in [0.4, 0.5) is 39.5 Å². The van der Waals surface area contributed by atoms with Crippen LogP contribution >= 0.6 is 0 Å². The van der Waals surface area contributed by atoms with Crippen LogP contribution in [0, 0.1) is 31.1 Å². The molecule has 0 aliphatic heterocycles. The Labute approximate surface area is 156 Å². The molecular weight excluding hydrogens is 685 g/mol. The van der Waals surface area contributed by atoms with Crippen molar-refractivity contribution in [1.29, 1.82) is 0 Å². The Morgan fingerprint density at radius 3 is 0.480 bits per heavy atom. The van der Waals surface area contributed by atoms with E-state index in [1.54, 1.807) is 0 Å². The van der Waals surface area contributed by atoms with E-state index in [1.165, 1.54) is 0 Å². The number of alkyl halides is 9. The maximum absolute atomic E-state index is 10.7. The standard InChI is InChI=1S/3CHF3O3S.U/c3*2-1(3,4)8(5,6)7;/h3*(H,5,6,7);. The predicted molar refractivity (Wildman–Crippen MR) is 52.8 cm³/mol. The fraction of sp³-hybridized carbons (Fsp3) is 1.00. The second-order valence-corrected chi connectivity index (χ2v) is 7.00. The van der Waals surface area contributed by atoms with Gasteiger partial charge in [0.1, 0.15) is 0 Å². The van der Waals surface area contributed by atoms with Crippen molar-refractivity contribution in [3.05, 3.63) is 0 Å². The quantitative estimate of drug-likeness (QED) is 0.193. The van der Waals surface area contributed by atoms with Gasteiger partial charge in [0, 0.05) is 31.1 Å². The van der Waals surface area contributed by atoms with Gasteiger partial charge in [0.2, 0.25) is 0 Å². The molecule has 0 saturated carbocycles. The summed E-state index contributed by atoms with van der Waals surface area (Å²) >= 11 is 0. The van der Waals surface area contributed by atoms with E-state index in [0.29, 0.717) is 0 Å². The first-order chi connectivity index (χ1) is 9.75. The Morgan fingerprint density at radius 2 is 0.480 bits per heavy atom. The van der Waals surface area contributed by atoms with Gasteiger partial charge in [0.05, 0.1) is 0 Å². The summed E-state index contributed by atoms with van der Waals surface area (Å²) in [5.74, 6) is 0. The Bertz CT molecular complexity index is 596. The molecule has 0 spiro atoms. The van der Waals surface area contributed by atoms with Gasteiger partial charge in [-0.05, 0) is 0 Å². The van der Waals surface area contributed by atoms with E-state index in [1.807, 2.05) is 0 Å². The number of hydrogen-bond donors (Lipinski definition) is 3. The molecule has 154 valence electrons. The number of rotatable bonds is 0. The molecule has 0 atom stereocenters. The summed E-state index contributed by atoms with van der Waals surface area (Å²) in [5.41, 5.74) is -16.6. The zero-order valence-corrected chi connectivity index (χ0v) is 17.0. The molecule has 0 aromatic heterocycles. The first-order valence-corrected chi connectivity index (χ1v) is 8.18. The molecular formula is C3H3F9O9S3U. The van der Waals surface area contributed by atoms with Gasteiger partial charge in [-0.25, -0.2) is 0 Å². The SMILES string of the molecule is O=S(=O)(O)C(F)(F)F.O=S(=O)(O)C(F)(F)F.O=S(=O)(O)C(F)(F)F.[U]. The summed E-state index contributed by atoms with van der Waals surface area (Å²) in [6.07, 6.45) is 0. The molecule has 0 bridgehead atoms. The Kier molecular flexibility index (Phi) is 13.0. The molecule has 0 rings (SSSR count). The topological polar surface area (TPSA) is 163 Å². The van der Waals surface area contributed by atoms with Crippen molar-refractivity contribution in [3.8, 4) is 0 Å². The van der Waals surface area contributed by atoms with Crippen molar-refractivity contribution < 1.29 is 110 Å². The van der Waals surface area contributed by atoms with Gasteiger partial charge in [-0.15, -0.1) is 0 Å². The van der Waals surface area contributed by atoms with Gasteiger partial charge in [0.15, 0.2) is 0 Å². The van der Waals surface area contributed by atoms with Crippen LogP contribution in [0.5, 0.6) is 0 Å². The molecule has 0 saturated heterocycles. The normalized spacial score (nSPS) is 13.4. The van der Waals surface area contributed by atoms with Crippen LogP contribution in [0.25, 0.3) is 0 Å². The molecule has 0 fully saturated rings. The summed E-state index contributed by atoms with van der Waals surface area (Å²) < 4.78 is 173. The fourth-order valence-corrected chi connectivity index (χ4v) is 0. The first-order valence-electron chi connectivity index (χ1n) is 3.86. The van der Waals surface area contributed by atoms with Crippen molar-refractivity contribution in [2.75, 3.05) is 0 Å². The number of hydrogen-bond acceptors (Lipinski definition) is 6. The minimum Gasteiger partial charge on any atom is -0.279 e. The average molecular weight is 688 g/mol. The molecule has 0 aromatic carbocycles. The van der Waals surface area contributed by atoms with Gasteiger partial charge in [-0.3, -0.25) is 13.7 Å². The molecule has 0 aliphatic carbocycles. The van der Waals surface area contributed by atoms with Crippen molar-refractivity contribution >= 4 is 30.4 Å². The van der Waals surface area contributed by atoms with Crippen molar-refractivity contribution in [1.82, 2.24) is 0 Å². The van der Waals surface area contributed by atoms with Crippen LogP contribution in [0.2, 0.25) is 0 Å². The van der Waals surface area contributed by atoms with Crippen molar-refractivity contribution in [2.24, 2.45) is 0 Å². The van der Waals surface area contributed by atoms with E-state index >= 15 is 0 Å². The minimum atomic E-state index is -5.84. The van der Waals surface area contributed by atoms with E-state index < -0.39 is 46.9 Å². The maximum atomic E-state index is 10.7. The average Bonchev–Trinajstić information content (AvgIpc) is 2.08. The molecule has 0 unspecified atom stereocenters. The molecule has 25 heavy (non-hydrogen) atoms. The molecule has 0 heterocycles. The zero-order valence-electron chi connectivity index (χ0n) is 10.4. The first kappa shape index (κ1) is 32.8. The summed E-state index contributed by atoms with van der Waals surface area (Å²) in [4.78, 5) is 0. The van der Waals surface area contributed by atoms with Gasteiger partial charge in [-0.2, -0.15) is 64.8 Å². The summed E-state index contributed by atoms with van der Waals surface area (Å²) in [5, 5.41) is 0. The fourth-order valence-electron chi connectivity index (χ4n) is 0. The van der Waals surface area contributed by atoms with E-state index in [4.69, 9.17) is 38.9 Å². The molecule has 9 nitrogen and oxygen atoms in total. The van der Waals surface area contributed by atoms with Gasteiger partial charge in [-0.1, -0.05) is 0 Å². The second-order valence-electron chi connectivity index (χ2n) is 2.76. The Hall–Kier alpha value is 0.152. The van der Waals surface area contributed by atoms with Gasteiger partial charge in [0.25, 0.3) is 0 Å². The van der Waals surface area contributed by atoms with E-state index in [9.17, 15) is 39.5 Å². The summed E-state index contributed by atoms with van der Waals surface area (Å²) in [7, 11) is -17.5.